The highest BCUT2D eigenvalue weighted by molar-refractivity contribution is 6.39. The van der Waals surface area contributed by atoms with Crippen molar-refractivity contribution in [1.82, 2.24) is 0 Å². The molecule has 0 aromatic heterocycles. The average molecular weight is 234 g/mol. The minimum Gasteiger partial charge on any atom is -0.258 e. The van der Waals surface area contributed by atoms with Crippen LogP contribution in [0.4, 0.5) is 11.4 Å². The summed E-state index contributed by atoms with van der Waals surface area (Å²) in [6.07, 6.45) is 0. The summed E-state index contributed by atoms with van der Waals surface area (Å²) in [7, 11) is 0. The second kappa shape index (κ2) is 4.09. The van der Waals surface area contributed by atoms with Gasteiger partial charge in [0.25, 0.3) is 11.1 Å². The van der Waals surface area contributed by atoms with Crippen molar-refractivity contribution >= 4 is 34.6 Å². The summed E-state index contributed by atoms with van der Waals surface area (Å²) in [5, 5.41) is 21.2. The maximum atomic E-state index is 10.4. The van der Waals surface area contributed by atoms with Crippen LogP contribution in [0.3, 0.4) is 0 Å². The van der Waals surface area contributed by atoms with Crippen LogP contribution in [0.2, 0.25) is 10.0 Å². The zero-order valence-electron chi connectivity index (χ0n) is 6.57. The number of diazo groups is 1. The number of rotatable bonds is 2. The van der Waals surface area contributed by atoms with Gasteiger partial charge in [-0.05, 0) is 5.43 Å². The van der Waals surface area contributed by atoms with E-state index in [4.69, 9.17) is 28.6 Å². The predicted molar refractivity (Wildman–Crippen MR) is 51.8 cm³/mol. The summed E-state index contributed by atoms with van der Waals surface area (Å²) in [6, 6.07) is 2.20. The van der Waals surface area contributed by atoms with Gasteiger partial charge in [-0.25, -0.2) is 0 Å². The molecule has 0 bridgehead atoms. The van der Waals surface area contributed by atoms with Crippen molar-refractivity contribution in [3.05, 3.63) is 37.4 Å². The van der Waals surface area contributed by atoms with Crippen LogP contribution in [0.25, 0.3) is 5.08 Å². The molecule has 0 atom stereocenters. The van der Waals surface area contributed by atoms with Crippen molar-refractivity contribution in [2.24, 2.45) is 0 Å². The molecule has 0 saturated heterocycles. The molecule has 6 nitrogen and oxygen atoms in total. The molecule has 1 rings (SSSR count). The quantitative estimate of drug-likeness (QED) is 0.484. The third kappa shape index (κ3) is 2.02. The highest BCUT2D eigenvalue weighted by Crippen LogP contribution is 2.34. The van der Waals surface area contributed by atoms with E-state index in [9.17, 15) is 10.1 Å². The van der Waals surface area contributed by atoms with Crippen LogP contribution >= 0.6 is 23.2 Å². The van der Waals surface area contributed by atoms with Gasteiger partial charge in [0.1, 0.15) is 0 Å². The molecule has 8 heteroatoms. The van der Waals surface area contributed by atoms with Crippen molar-refractivity contribution in [1.29, 1.82) is 5.39 Å². The van der Waals surface area contributed by atoms with Gasteiger partial charge in [0.05, 0.1) is 15.0 Å². The van der Waals surface area contributed by atoms with E-state index in [1.807, 2.05) is 0 Å². The highest BCUT2D eigenvalue weighted by atomic mass is 35.5. The molecule has 0 aliphatic rings. The Balaban J connectivity index is 3.26. The van der Waals surface area contributed by atoms with Crippen molar-refractivity contribution in [2.75, 3.05) is 5.43 Å². The van der Waals surface area contributed by atoms with Gasteiger partial charge in [0, 0.05) is 12.1 Å². The lowest BCUT2D eigenvalue weighted by Crippen LogP contribution is -1.92. The molecule has 14 heavy (non-hydrogen) atoms. The maximum absolute atomic E-state index is 10.4. The van der Waals surface area contributed by atoms with Gasteiger partial charge in [-0.2, -0.15) is 0 Å². The Morgan fingerprint density at radius 1 is 1.43 bits per heavy atom. The maximum Gasteiger partial charge on any atom is 0.308 e. The van der Waals surface area contributed by atoms with E-state index in [-0.39, 0.29) is 21.4 Å². The molecule has 0 aliphatic heterocycles. The molecule has 0 unspecified atom stereocenters. The van der Waals surface area contributed by atoms with E-state index in [2.05, 4.69) is 10.5 Å². The number of nitro benzene ring substituents is 1. The minimum atomic E-state index is -0.627. The highest BCUT2D eigenvalue weighted by Gasteiger charge is 2.17. The number of anilines is 1. The number of non-ortho nitro benzene ring substituents is 1. The molecule has 0 aliphatic carbocycles. The number of halogens is 2. The summed E-state index contributed by atoms with van der Waals surface area (Å²) in [5.41, 5.74) is 1.98. The molecule has 0 heterocycles. The summed E-state index contributed by atoms with van der Waals surface area (Å²) in [5.74, 6) is 0. The first-order valence-electron chi connectivity index (χ1n) is 3.30. The lowest BCUT2D eigenvalue weighted by Gasteiger charge is -1.98. The molecular weight excluding hydrogens is 231 g/mol. The van der Waals surface area contributed by atoms with Crippen LogP contribution in [0, 0.1) is 15.5 Å². The van der Waals surface area contributed by atoms with E-state index in [1.54, 1.807) is 0 Å². The summed E-state index contributed by atoms with van der Waals surface area (Å²) >= 11 is 11.3. The predicted octanol–water partition coefficient (Wildman–Crippen LogP) is 3.08. The monoisotopic (exact) mass is 233 g/mol. The zero-order chi connectivity index (χ0) is 10.7. The van der Waals surface area contributed by atoms with Gasteiger partial charge in [-0.15, -0.1) is 0 Å². The van der Waals surface area contributed by atoms with E-state index < -0.39 is 4.92 Å². The number of hydrogen-bond acceptors (Lipinski definition) is 4. The Morgan fingerprint density at radius 2 is 1.93 bits per heavy atom. The van der Waals surface area contributed by atoms with Crippen molar-refractivity contribution in [3.8, 4) is 0 Å². The van der Waals surface area contributed by atoms with Gasteiger partial charge in [-0.1, -0.05) is 23.2 Å². The Bertz CT molecular complexity index is 405. The van der Waals surface area contributed by atoms with Gasteiger partial charge in [0.2, 0.25) is 0 Å². The summed E-state index contributed by atoms with van der Waals surface area (Å²) in [6.45, 7) is 0. The van der Waals surface area contributed by atoms with Gasteiger partial charge in [-0.3, -0.25) is 10.1 Å². The SMILES string of the molecule is N#[N+]Nc1c(Cl)cc([N+](=O)[O-])cc1Cl. The third-order valence-corrected chi connectivity index (χ3v) is 2.00. The topological polar surface area (TPSA) is 83.3 Å². The zero-order valence-corrected chi connectivity index (χ0v) is 8.08. The van der Waals surface area contributed by atoms with Crippen LogP contribution in [-0.2, 0) is 0 Å². The first-order chi connectivity index (χ1) is 6.56. The van der Waals surface area contributed by atoms with E-state index in [1.165, 1.54) is 0 Å². The van der Waals surface area contributed by atoms with Crippen LogP contribution in [-0.4, -0.2) is 4.92 Å². The van der Waals surface area contributed by atoms with Crippen LogP contribution in [0.15, 0.2) is 12.1 Å². The normalized spacial score (nSPS) is 9.21. The summed E-state index contributed by atoms with van der Waals surface area (Å²) < 4.78 is 0. The minimum absolute atomic E-state index is 0.00185. The molecule has 0 saturated carbocycles. The van der Waals surface area contributed by atoms with Crippen molar-refractivity contribution in [3.63, 3.8) is 0 Å². The number of hydrogen-bond donors (Lipinski definition) is 1. The standard InChI is InChI=1S/C6H3Cl2N4O2/c7-4-1-3(12(13)14)2-5(8)6(4)10-11-9/h1-2,10H/q+1. The Morgan fingerprint density at radius 3 is 2.29 bits per heavy atom. The molecule has 0 fully saturated rings. The fourth-order valence-corrected chi connectivity index (χ4v) is 1.38. The summed E-state index contributed by atoms with van der Waals surface area (Å²) in [4.78, 5) is 9.74. The lowest BCUT2D eigenvalue weighted by atomic mass is 10.3. The van der Waals surface area contributed by atoms with E-state index in [0.717, 1.165) is 12.1 Å². The number of nitrogens with one attached hydrogen (secondary N) is 1. The van der Waals surface area contributed by atoms with Crippen LogP contribution < -0.4 is 5.43 Å². The molecule has 0 amide bonds. The Hall–Kier alpha value is -1.58. The molecule has 1 aromatic rings. The fraction of sp³-hybridized carbons (Fsp3) is 0. The first-order valence-corrected chi connectivity index (χ1v) is 4.05. The first kappa shape index (κ1) is 10.5. The molecule has 0 spiro atoms. The van der Waals surface area contributed by atoms with E-state index >= 15 is 0 Å². The lowest BCUT2D eigenvalue weighted by molar-refractivity contribution is -0.384. The van der Waals surface area contributed by atoms with E-state index in [0.29, 0.717) is 0 Å². The third-order valence-electron chi connectivity index (χ3n) is 1.40. The van der Waals surface area contributed by atoms with Crippen LogP contribution in [0.1, 0.15) is 0 Å². The Kier molecular flexibility index (Phi) is 3.06. The second-order valence-corrected chi connectivity index (χ2v) is 3.07. The fourth-order valence-electron chi connectivity index (χ4n) is 0.822. The number of nitrogens with zero attached hydrogens (tertiary/aromatic N) is 3. The van der Waals surface area contributed by atoms with Crippen LogP contribution in [0.5, 0.6) is 0 Å². The molecule has 1 aromatic carbocycles. The largest absolute Gasteiger partial charge is 0.308 e. The Labute approximate surface area is 88.2 Å². The second-order valence-electron chi connectivity index (χ2n) is 2.25. The average Bonchev–Trinajstić information content (AvgIpc) is 2.10. The van der Waals surface area contributed by atoms with Crippen molar-refractivity contribution in [2.45, 2.75) is 0 Å². The van der Waals surface area contributed by atoms with Crippen molar-refractivity contribution < 1.29 is 4.92 Å². The van der Waals surface area contributed by atoms with Gasteiger partial charge in [0.15, 0.2) is 5.69 Å². The van der Waals surface area contributed by atoms with Gasteiger partial charge < -0.3 is 0 Å². The van der Waals surface area contributed by atoms with Gasteiger partial charge >= 0.3 is 5.08 Å². The smallest absolute Gasteiger partial charge is 0.258 e. The molecular formula is C6H3Cl2N4O2+. The molecule has 72 valence electrons. The molecule has 0 radical (unpaired) electrons. The molecule has 1 N–H and O–H groups in total. The number of benzene rings is 1. The number of nitro groups is 1.